The Morgan fingerprint density at radius 2 is 1.81 bits per heavy atom. The zero-order valence-corrected chi connectivity index (χ0v) is 16.6. The normalized spacial score (nSPS) is 19.4. The number of hydrogen-bond acceptors (Lipinski definition) is 4. The van der Waals surface area contributed by atoms with Gasteiger partial charge < -0.3 is 10.2 Å². The summed E-state index contributed by atoms with van der Waals surface area (Å²) in [5.74, 6) is -2.35. The summed E-state index contributed by atoms with van der Waals surface area (Å²) in [6.45, 7) is 0.0168. The van der Waals surface area contributed by atoms with Crippen molar-refractivity contribution in [1.29, 1.82) is 0 Å². The number of carbonyl (C=O) groups excluding carboxylic acids is 4. The highest BCUT2D eigenvalue weighted by Crippen LogP contribution is 2.33. The van der Waals surface area contributed by atoms with E-state index >= 15 is 0 Å². The van der Waals surface area contributed by atoms with Crippen molar-refractivity contribution < 1.29 is 32.3 Å². The predicted octanol–water partition coefficient (Wildman–Crippen LogP) is 2.48. The molecule has 0 spiro atoms. The van der Waals surface area contributed by atoms with Gasteiger partial charge in [0.2, 0.25) is 11.8 Å². The van der Waals surface area contributed by atoms with Gasteiger partial charge in [0, 0.05) is 24.1 Å². The van der Waals surface area contributed by atoms with Crippen LogP contribution in [0.2, 0.25) is 0 Å². The minimum atomic E-state index is -4.70. The fourth-order valence-corrected chi connectivity index (χ4v) is 3.93. The first-order valence-electron chi connectivity index (χ1n) is 9.85. The summed E-state index contributed by atoms with van der Waals surface area (Å²) in [6.07, 6.45) is -4.42. The summed E-state index contributed by atoms with van der Waals surface area (Å²) in [5, 5.41) is 4.21. The van der Waals surface area contributed by atoms with Gasteiger partial charge in [0.15, 0.2) is 6.04 Å². The lowest BCUT2D eigenvalue weighted by atomic mass is 10.0. The molecule has 1 unspecified atom stereocenters. The average Bonchev–Trinajstić information content (AvgIpc) is 3.07. The molecule has 2 heterocycles. The minimum absolute atomic E-state index is 0.0168. The van der Waals surface area contributed by atoms with E-state index in [0.717, 1.165) is 0 Å². The predicted molar refractivity (Wildman–Crippen MR) is 105 cm³/mol. The lowest BCUT2D eigenvalue weighted by molar-refractivity contribution is -0.155. The van der Waals surface area contributed by atoms with Crippen LogP contribution in [0.4, 0.5) is 13.2 Å². The van der Waals surface area contributed by atoms with Crippen LogP contribution in [-0.4, -0.2) is 40.7 Å². The number of alkyl halides is 3. The molecule has 10 heteroatoms. The summed E-state index contributed by atoms with van der Waals surface area (Å²) in [7, 11) is 0. The maximum absolute atomic E-state index is 13.5. The van der Waals surface area contributed by atoms with E-state index in [9.17, 15) is 32.3 Å². The van der Waals surface area contributed by atoms with Gasteiger partial charge in [-0.05, 0) is 35.7 Å². The molecular weight excluding hydrogens is 427 g/mol. The number of imide groups is 1. The van der Waals surface area contributed by atoms with Crippen LogP contribution in [0.1, 0.15) is 50.7 Å². The molecule has 0 aliphatic carbocycles. The number of amides is 4. The van der Waals surface area contributed by atoms with Crippen LogP contribution in [0, 0.1) is 0 Å². The number of benzene rings is 2. The van der Waals surface area contributed by atoms with Crippen LogP contribution in [0.15, 0.2) is 48.5 Å². The van der Waals surface area contributed by atoms with Gasteiger partial charge in [-0.25, -0.2) is 0 Å². The first-order valence-corrected chi connectivity index (χ1v) is 9.85. The third kappa shape index (κ3) is 4.08. The Bertz CT molecular complexity index is 1100. The maximum atomic E-state index is 13.5. The molecule has 0 radical (unpaired) electrons. The second-order valence-corrected chi connectivity index (χ2v) is 7.63. The first kappa shape index (κ1) is 21.5. The third-order valence-electron chi connectivity index (χ3n) is 5.52. The topological polar surface area (TPSA) is 95.6 Å². The molecule has 4 rings (SSSR count). The van der Waals surface area contributed by atoms with Gasteiger partial charge in [0.25, 0.3) is 11.8 Å². The van der Waals surface area contributed by atoms with Gasteiger partial charge in [-0.15, -0.1) is 0 Å². The van der Waals surface area contributed by atoms with Crippen molar-refractivity contribution in [2.75, 3.05) is 0 Å². The molecule has 32 heavy (non-hydrogen) atoms. The van der Waals surface area contributed by atoms with Crippen molar-refractivity contribution >= 4 is 23.6 Å². The fourth-order valence-electron chi connectivity index (χ4n) is 3.93. The summed E-state index contributed by atoms with van der Waals surface area (Å²) in [5.41, 5.74) is 0.554. The highest BCUT2D eigenvalue weighted by atomic mass is 19.4. The first-order chi connectivity index (χ1) is 15.1. The largest absolute Gasteiger partial charge is 0.412 e. The molecule has 2 aliphatic rings. The molecule has 7 nitrogen and oxygen atoms in total. The highest BCUT2D eigenvalue weighted by molar-refractivity contribution is 6.06. The van der Waals surface area contributed by atoms with Gasteiger partial charge >= 0.3 is 6.18 Å². The average molecular weight is 445 g/mol. The summed E-state index contributed by atoms with van der Waals surface area (Å²) >= 11 is 0. The number of halogens is 3. The van der Waals surface area contributed by atoms with E-state index in [1.165, 1.54) is 47.4 Å². The molecular formula is C22H18F3N3O4. The molecule has 0 aromatic heterocycles. The summed E-state index contributed by atoms with van der Waals surface area (Å²) in [6, 6.07) is 8.01. The molecule has 2 N–H and O–H groups in total. The van der Waals surface area contributed by atoms with Crippen molar-refractivity contribution in [1.82, 2.24) is 15.5 Å². The van der Waals surface area contributed by atoms with Crippen LogP contribution in [0.25, 0.3) is 0 Å². The van der Waals surface area contributed by atoms with Crippen LogP contribution in [0.5, 0.6) is 0 Å². The highest BCUT2D eigenvalue weighted by Gasteiger charge is 2.42. The number of nitrogens with zero attached hydrogens (tertiary/aromatic N) is 1. The summed E-state index contributed by atoms with van der Waals surface area (Å²) < 4.78 is 40.6. The van der Waals surface area contributed by atoms with Crippen molar-refractivity contribution in [3.05, 3.63) is 70.8 Å². The number of carbonyl (C=O) groups is 4. The zero-order valence-electron chi connectivity index (χ0n) is 16.6. The van der Waals surface area contributed by atoms with Gasteiger partial charge in [-0.2, -0.15) is 13.2 Å². The SMILES string of the molecule is O=C1CCC(N2Cc3cc(C(=O)N[C@H](c4ccccc4)C(F)(F)F)ccc3C2=O)C(=O)N1. The van der Waals surface area contributed by atoms with Gasteiger partial charge in [0.1, 0.15) is 6.04 Å². The molecule has 2 aliphatic heterocycles. The molecule has 1 saturated heterocycles. The van der Waals surface area contributed by atoms with Crippen LogP contribution in [-0.2, 0) is 16.1 Å². The molecule has 0 saturated carbocycles. The fraction of sp³-hybridized carbons (Fsp3) is 0.273. The van der Waals surface area contributed by atoms with E-state index < -0.39 is 41.9 Å². The van der Waals surface area contributed by atoms with Gasteiger partial charge in [0.05, 0.1) is 0 Å². The Balaban J connectivity index is 1.54. The molecule has 2 atom stereocenters. The van der Waals surface area contributed by atoms with Crippen LogP contribution in [0.3, 0.4) is 0 Å². The van der Waals surface area contributed by atoms with Crippen molar-refractivity contribution in [2.45, 2.75) is 37.6 Å². The Morgan fingerprint density at radius 3 is 2.47 bits per heavy atom. The third-order valence-corrected chi connectivity index (χ3v) is 5.52. The molecule has 1 fully saturated rings. The second-order valence-electron chi connectivity index (χ2n) is 7.63. The van der Waals surface area contributed by atoms with E-state index in [-0.39, 0.29) is 36.1 Å². The van der Waals surface area contributed by atoms with E-state index in [0.29, 0.717) is 5.56 Å². The van der Waals surface area contributed by atoms with Gasteiger partial charge in [-0.1, -0.05) is 30.3 Å². The lowest BCUT2D eigenvalue weighted by Gasteiger charge is -2.29. The standard InChI is InChI=1S/C22H18F3N3O4/c23-22(24,25)18(12-4-2-1-3-5-12)27-19(30)13-6-7-15-14(10-13)11-28(21(15)32)16-8-9-17(29)26-20(16)31/h1-7,10,16,18H,8-9,11H2,(H,27,30)(H,26,29,31)/t16?,18-/m1/s1. The monoisotopic (exact) mass is 445 g/mol. The molecule has 2 aromatic carbocycles. The van der Waals surface area contributed by atoms with Crippen molar-refractivity contribution in [3.63, 3.8) is 0 Å². The Hall–Kier alpha value is -3.69. The van der Waals surface area contributed by atoms with Crippen LogP contribution < -0.4 is 10.6 Å². The van der Waals surface area contributed by atoms with Crippen molar-refractivity contribution in [3.8, 4) is 0 Å². The van der Waals surface area contributed by atoms with E-state index in [2.05, 4.69) is 5.32 Å². The van der Waals surface area contributed by atoms with Gasteiger partial charge in [-0.3, -0.25) is 24.5 Å². The molecule has 2 aromatic rings. The number of piperidine rings is 1. The molecule has 4 amide bonds. The van der Waals surface area contributed by atoms with E-state index in [1.54, 1.807) is 6.07 Å². The zero-order chi connectivity index (χ0) is 23.0. The minimum Gasteiger partial charge on any atom is -0.337 e. The molecule has 0 bridgehead atoms. The number of hydrogen-bond donors (Lipinski definition) is 2. The van der Waals surface area contributed by atoms with E-state index in [1.807, 2.05) is 5.32 Å². The number of nitrogens with one attached hydrogen (secondary N) is 2. The van der Waals surface area contributed by atoms with E-state index in [4.69, 9.17) is 0 Å². The quantitative estimate of drug-likeness (QED) is 0.707. The second kappa shape index (κ2) is 8.10. The molecule has 166 valence electrons. The summed E-state index contributed by atoms with van der Waals surface area (Å²) in [4.78, 5) is 50.1. The maximum Gasteiger partial charge on any atom is 0.412 e. The number of rotatable bonds is 4. The number of fused-ring (bicyclic) bond motifs is 1. The Morgan fingerprint density at radius 1 is 1.09 bits per heavy atom. The van der Waals surface area contributed by atoms with Crippen molar-refractivity contribution in [2.24, 2.45) is 0 Å². The Labute approximate surface area is 180 Å². The smallest absolute Gasteiger partial charge is 0.337 e. The lowest BCUT2D eigenvalue weighted by Crippen LogP contribution is -2.52. The Kier molecular flexibility index (Phi) is 5.45. The van der Waals surface area contributed by atoms with Crippen LogP contribution >= 0.6 is 0 Å².